The SMILES string of the molecule is Cc1cc2c(N3CC([C@H](C)NC(=O)[C@@H]4CCC(=O)N4)C3)ncnc2s1. The Hall–Kier alpha value is -2.22. The molecule has 2 atom stereocenters. The van der Waals surface area contributed by atoms with Crippen molar-refractivity contribution >= 4 is 39.2 Å². The summed E-state index contributed by atoms with van der Waals surface area (Å²) in [5, 5.41) is 6.87. The van der Waals surface area contributed by atoms with Gasteiger partial charge in [-0.15, -0.1) is 11.3 Å². The predicted octanol–water partition coefficient (Wildman–Crippen LogP) is 1.22. The van der Waals surface area contributed by atoms with Gasteiger partial charge in [-0.2, -0.15) is 0 Å². The van der Waals surface area contributed by atoms with Crippen LogP contribution in [0, 0.1) is 12.8 Å². The molecule has 2 N–H and O–H groups in total. The number of carbonyl (C=O) groups excluding carboxylic acids is 2. The van der Waals surface area contributed by atoms with Gasteiger partial charge in [0.2, 0.25) is 11.8 Å². The van der Waals surface area contributed by atoms with Crippen LogP contribution in [0.1, 0.15) is 24.6 Å². The number of nitrogens with one attached hydrogen (secondary N) is 2. The summed E-state index contributed by atoms with van der Waals surface area (Å²) in [5.41, 5.74) is 0. The molecule has 4 heterocycles. The number of aryl methyl sites for hydroxylation is 1. The summed E-state index contributed by atoms with van der Waals surface area (Å²) < 4.78 is 0. The van der Waals surface area contributed by atoms with Crippen molar-refractivity contribution < 1.29 is 9.59 Å². The van der Waals surface area contributed by atoms with Crippen LogP contribution in [0.25, 0.3) is 10.2 Å². The van der Waals surface area contributed by atoms with Crippen molar-refractivity contribution in [2.75, 3.05) is 18.0 Å². The van der Waals surface area contributed by atoms with Crippen LogP contribution in [0.15, 0.2) is 12.4 Å². The number of carbonyl (C=O) groups is 2. The fourth-order valence-corrected chi connectivity index (χ4v) is 4.31. The molecule has 2 aliphatic heterocycles. The molecule has 132 valence electrons. The van der Waals surface area contributed by atoms with Crippen LogP contribution in [0.2, 0.25) is 0 Å². The highest BCUT2D eigenvalue weighted by atomic mass is 32.1. The number of rotatable bonds is 4. The standard InChI is InChI=1S/C17H21N5O2S/c1-9-5-12-15(18-8-19-17(12)25-9)22-6-11(7-22)10(2)20-16(24)13-3-4-14(23)21-13/h5,8,10-11,13H,3-4,6-7H2,1-2H3,(H,20,24)(H,21,23)/t10-,13-/m0/s1. The lowest BCUT2D eigenvalue weighted by molar-refractivity contribution is -0.126. The van der Waals surface area contributed by atoms with Crippen LogP contribution in [0.4, 0.5) is 5.82 Å². The molecule has 0 aliphatic carbocycles. The van der Waals surface area contributed by atoms with Gasteiger partial charge >= 0.3 is 0 Å². The zero-order valence-electron chi connectivity index (χ0n) is 14.3. The molecule has 2 aromatic rings. The van der Waals surface area contributed by atoms with Gasteiger partial charge in [0, 0.05) is 36.3 Å². The number of anilines is 1. The lowest BCUT2D eigenvalue weighted by Crippen LogP contribution is -2.57. The summed E-state index contributed by atoms with van der Waals surface area (Å²) >= 11 is 1.68. The van der Waals surface area contributed by atoms with E-state index in [1.54, 1.807) is 17.7 Å². The first-order valence-electron chi connectivity index (χ1n) is 8.57. The second-order valence-electron chi connectivity index (χ2n) is 6.89. The van der Waals surface area contributed by atoms with Crippen molar-refractivity contribution in [1.29, 1.82) is 0 Å². The number of hydrogen-bond acceptors (Lipinski definition) is 6. The molecule has 2 aliphatic rings. The number of nitrogens with zero attached hydrogens (tertiary/aromatic N) is 3. The maximum Gasteiger partial charge on any atom is 0.242 e. The Kier molecular flexibility index (Phi) is 4.07. The Labute approximate surface area is 149 Å². The van der Waals surface area contributed by atoms with Crippen molar-refractivity contribution in [3.63, 3.8) is 0 Å². The molecule has 0 spiro atoms. The molecule has 2 fully saturated rings. The minimum Gasteiger partial charge on any atom is -0.355 e. The molecule has 0 saturated carbocycles. The molecule has 8 heteroatoms. The molecule has 4 rings (SSSR count). The van der Waals surface area contributed by atoms with E-state index in [2.05, 4.69) is 38.5 Å². The quantitative estimate of drug-likeness (QED) is 0.857. The molecule has 7 nitrogen and oxygen atoms in total. The molecule has 2 saturated heterocycles. The fourth-order valence-electron chi connectivity index (χ4n) is 3.47. The first-order chi connectivity index (χ1) is 12.0. The maximum absolute atomic E-state index is 12.2. The van der Waals surface area contributed by atoms with Gasteiger partial charge in [0.05, 0.1) is 5.39 Å². The average Bonchev–Trinajstić information content (AvgIpc) is 3.11. The third-order valence-electron chi connectivity index (χ3n) is 5.03. The minimum absolute atomic E-state index is 0.0403. The molecular formula is C17H21N5O2S. The Balaban J connectivity index is 1.36. The normalized spacial score (nSPS) is 21.9. The fraction of sp³-hybridized carbons (Fsp3) is 0.529. The highest BCUT2D eigenvalue weighted by molar-refractivity contribution is 7.18. The minimum atomic E-state index is -0.374. The monoisotopic (exact) mass is 359 g/mol. The Morgan fingerprint density at radius 1 is 1.44 bits per heavy atom. The van der Waals surface area contributed by atoms with Crippen molar-refractivity contribution in [3.8, 4) is 0 Å². The summed E-state index contributed by atoms with van der Waals surface area (Å²) in [7, 11) is 0. The summed E-state index contributed by atoms with van der Waals surface area (Å²) in [6, 6.07) is 1.83. The van der Waals surface area contributed by atoms with Crippen LogP contribution < -0.4 is 15.5 Å². The Morgan fingerprint density at radius 3 is 2.96 bits per heavy atom. The first-order valence-corrected chi connectivity index (χ1v) is 9.39. The summed E-state index contributed by atoms with van der Waals surface area (Å²) in [5.74, 6) is 1.24. The number of hydrogen-bond donors (Lipinski definition) is 2. The predicted molar refractivity (Wildman–Crippen MR) is 96.6 cm³/mol. The molecule has 0 radical (unpaired) electrons. The Bertz CT molecular complexity index is 830. The lowest BCUT2D eigenvalue weighted by atomic mass is 9.92. The number of aromatic nitrogens is 2. The van der Waals surface area contributed by atoms with E-state index in [9.17, 15) is 9.59 Å². The molecule has 2 aromatic heterocycles. The van der Waals surface area contributed by atoms with Crippen molar-refractivity contribution in [1.82, 2.24) is 20.6 Å². The Morgan fingerprint density at radius 2 is 2.24 bits per heavy atom. The molecule has 25 heavy (non-hydrogen) atoms. The second kappa shape index (κ2) is 6.25. The molecule has 2 amide bonds. The lowest BCUT2D eigenvalue weighted by Gasteiger charge is -2.43. The van der Waals surface area contributed by atoms with E-state index in [0.29, 0.717) is 18.8 Å². The average molecular weight is 359 g/mol. The van der Waals surface area contributed by atoms with Crippen molar-refractivity contribution in [2.45, 2.75) is 38.8 Å². The van der Waals surface area contributed by atoms with Crippen LogP contribution in [0.5, 0.6) is 0 Å². The zero-order chi connectivity index (χ0) is 17.6. The van der Waals surface area contributed by atoms with E-state index in [1.807, 2.05) is 6.92 Å². The smallest absolute Gasteiger partial charge is 0.242 e. The largest absolute Gasteiger partial charge is 0.355 e. The number of amides is 2. The maximum atomic E-state index is 12.2. The van der Waals surface area contributed by atoms with E-state index in [0.717, 1.165) is 29.1 Å². The van der Waals surface area contributed by atoms with Gasteiger partial charge in [-0.25, -0.2) is 9.97 Å². The first kappa shape index (κ1) is 16.3. The highest BCUT2D eigenvalue weighted by Crippen LogP contribution is 2.33. The van der Waals surface area contributed by atoms with Gasteiger partial charge in [-0.05, 0) is 26.3 Å². The zero-order valence-corrected chi connectivity index (χ0v) is 15.1. The van der Waals surface area contributed by atoms with Crippen molar-refractivity contribution in [3.05, 3.63) is 17.3 Å². The second-order valence-corrected chi connectivity index (χ2v) is 8.13. The van der Waals surface area contributed by atoms with E-state index < -0.39 is 0 Å². The van der Waals surface area contributed by atoms with Gasteiger partial charge in [-0.1, -0.05) is 0 Å². The van der Waals surface area contributed by atoms with E-state index >= 15 is 0 Å². The number of fused-ring (bicyclic) bond motifs is 1. The third-order valence-corrected chi connectivity index (χ3v) is 5.99. The number of thiophene rings is 1. The third kappa shape index (κ3) is 3.06. The summed E-state index contributed by atoms with van der Waals surface area (Å²) in [4.78, 5) is 36.7. The molecule has 0 unspecified atom stereocenters. The van der Waals surface area contributed by atoms with E-state index in [1.165, 1.54) is 4.88 Å². The van der Waals surface area contributed by atoms with Gasteiger partial charge in [0.25, 0.3) is 0 Å². The summed E-state index contributed by atoms with van der Waals surface area (Å²) in [6.07, 6.45) is 2.65. The topological polar surface area (TPSA) is 87.2 Å². The van der Waals surface area contributed by atoms with Gasteiger partial charge in [-0.3, -0.25) is 9.59 Å². The van der Waals surface area contributed by atoms with Crippen LogP contribution in [0.3, 0.4) is 0 Å². The highest BCUT2D eigenvalue weighted by Gasteiger charge is 2.35. The van der Waals surface area contributed by atoms with Crippen LogP contribution in [-0.4, -0.2) is 47.0 Å². The van der Waals surface area contributed by atoms with Crippen molar-refractivity contribution in [2.24, 2.45) is 5.92 Å². The molecule has 0 bridgehead atoms. The van der Waals surface area contributed by atoms with E-state index in [-0.39, 0.29) is 23.9 Å². The van der Waals surface area contributed by atoms with Gasteiger partial charge in [0.1, 0.15) is 23.0 Å². The summed E-state index contributed by atoms with van der Waals surface area (Å²) in [6.45, 7) is 5.83. The van der Waals surface area contributed by atoms with E-state index in [4.69, 9.17) is 0 Å². The molecular weight excluding hydrogens is 338 g/mol. The van der Waals surface area contributed by atoms with Crippen LogP contribution in [-0.2, 0) is 9.59 Å². The molecule has 0 aromatic carbocycles. The van der Waals surface area contributed by atoms with Gasteiger partial charge < -0.3 is 15.5 Å². The van der Waals surface area contributed by atoms with Gasteiger partial charge in [0.15, 0.2) is 0 Å². The van der Waals surface area contributed by atoms with Crippen LogP contribution >= 0.6 is 11.3 Å².